The molecule has 0 saturated carbocycles. The van der Waals surface area contributed by atoms with Crippen LogP contribution in [0.3, 0.4) is 0 Å². The third-order valence-electron chi connectivity index (χ3n) is 4.03. The Bertz CT molecular complexity index is 367. The molecule has 0 spiro atoms. The Labute approximate surface area is 117 Å². The van der Waals surface area contributed by atoms with Crippen molar-refractivity contribution in [2.75, 3.05) is 0 Å². The van der Waals surface area contributed by atoms with Gasteiger partial charge >= 0.3 is 0 Å². The molecule has 0 saturated heterocycles. The van der Waals surface area contributed by atoms with E-state index in [0.29, 0.717) is 6.42 Å². The monoisotopic (exact) mass is 264 g/mol. The van der Waals surface area contributed by atoms with Crippen molar-refractivity contribution in [2.24, 2.45) is 5.41 Å². The van der Waals surface area contributed by atoms with Crippen molar-refractivity contribution >= 4 is 0 Å². The van der Waals surface area contributed by atoms with E-state index in [1.165, 1.54) is 0 Å². The minimum Gasteiger partial charge on any atom is -0.386 e. The van der Waals surface area contributed by atoms with E-state index in [0.717, 1.165) is 24.8 Å². The number of rotatable bonds is 6. The SMILES string of the molecule is CCCCC[C@@](O)([C@H](O)c1ccccc1)C(C)(C)C. The molecule has 2 atom stereocenters. The Morgan fingerprint density at radius 3 is 2.11 bits per heavy atom. The highest BCUT2D eigenvalue weighted by molar-refractivity contribution is 5.21. The van der Waals surface area contributed by atoms with E-state index < -0.39 is 11.7 Å². The van der Waals surface area contributed by atoms with Gasteiger partial charge in [-0.3, -0.25) is 0 Å². The van der Waals surface area contributed by atoms with Gasteiger partial charge in [-0.2, -0.15) is 0 Å². The van der Waals surface area contributed by atoms with Crippen LogP contribution in [0.1, 0.15) is 65.0 Å². The number of aliphatic hydroxyl groups is 2. The smallest absolute Gasteiger partial charge is 0.108 e. The summed E-state index contributed by atoms with van der Waals surface area (Å²) < 4.78 is 0. The minimum absolute atomic E-state index is 0.365. The Morgan fingerprint density at radius 1 is 1.05 bits per heavy atom. The zero-order valence-electron chi connectivity index (χ0n) is 12.7. The normalized spacial score (nSPS) is 16.9. The number of hydrogen-bond donors (Lipinski definition) is 2. The molecule has 0 bridgehead atoms. The molecular weight excluding hydrogens is 236 g/mol. The molecule has 2 N–H and O–H groups in total. The first kappa shape index (κ1) is 16.2. The van der Waals surface area contributed by atoms with Crippen molar-refractivity contribution in [3.8, 4) is 0 Å². The fourth-order valence-corrected chi connectivity index (χ4v) is 2.48. The van der Waals surface area contributed by atoms with Crippen LogP contribution in [0.25, 0.3) is 0 Å². The third-order valence-corrected chi connectivity index (χ3v) is 4.03. The van der Waals surface area contributed by atoms with Gasteiger partial charge in [-0.25, -0.2) is 0 Å². The van der Waals surface area contributed by atoms with Crippen LogP contribution >= 0.6 is 0 Å². The molecule has 2 nitrogen and oxygen atoms in total. The van der Waals surface area contributed by atoms with Gasteiger partial charge in [0.25, 0.3) is 0 Å². The molecule has 2 heteroatoms. The Balaban J connectivity index is 2.97. The number of benzene rings is 1. The molecule has 0 radical (unpaired) electrons. The summed E-state index contributed by atoms with van der Waals surface area (Å²) in [6.45, 7) is 8.12. The first-order chi connectivity index (χ1) is 8.83. The zero-order valence-corrected chi connectivity index (χ0v) is 12.7. The summed E-state index contributed by atoms with van der Waals surface area (Å²) in [4.78, 5) is 0. The van der Waals surface area contributed by atoms with Crippen LogP contribution in [-0.4, -0.2) is 15.8 Å². The molecule has 0 aliphatic rings. The van der Waals surface area contributed by atoms with E-state index in [1.54, 1.807) is 0 Å². The van der Waals surface area contributed by atoms with Crippen molar-refractivity contribution in [1.82, 2.24) is 0 Å². The lowest BCUT2D eigenvalue weighted by Crippen LogP contribution is -2.48. The largest absolute Gasteiger partial charge is 0.386 e. The maximum absolute atomic E-state index is 11.0. The van der Waals surface area contributed by atoms with Crippen LogP contribution < -0.4 is 0 Å². The Morgan fingerprint density at radius 2 is 1.63 bits per heavy atom. The maximum atomic E-state index is 11.0. The van der Waals surface area contributed by atoms with E-state index in [1.807, 2.05) is 51.1 Å². The lowest BCUT2D eigenvalue weighted by molar-refractivity contribution is -0.150. The molecule has 1 aromatic rings. The lowest BCUT2D eigenvalue weighted by atomic mass is 9.68. The van der Waals surface area contributed by atoms with E-state index in [9.17, 15) is 10.2 Å². The zero-order chi connectivity index (χ0) is 14.5. The molecule has 0 fully saturated rings. The van der Waals surface area contributed by atoms with Gasteiger partial charge in [0, 0.05) is 0 Å². The van der Waals surface area contributed by atoms with Crippen molar-refractivity contribution < 1.29 is 10.2 Å². The number of aliphatic hydroxyl groups excluding tert-OH is 1. The van der Waals surface area contributed by atoms with Crippen molar-refractivity contribution in [3.05, 3.63) is 35.9 Å². The lowest BCUT2D eigenvalue weighted by Gasteiger charge is -2.44. The number of unbranched alkanes of at least 4 members (excludes halogenated alkanes) is 2. The van der Waals surface area contributed by atoms with Gasteiger partial charge in [0.1, 0.15) is 6.10 Å². The van der Waals surface area contributed by atoms with Crippen LogP contribution in [0, 0.1) is 5.41 Å². The minimum atomic E-state index is -1.09. The summed E-state index contributed by atoms with van der Waals surface area (Å²) in [6.07, 6.45) is 2.92. The average molecular weight is 264 g/mol. The molecule has 108 valence electrons. The summed E-state index contributed by atoms with van der Waals surface area (Å²) >= 11 is 0. The van der Waals surface area contributed by atoms with E-state index in [2.05, 4.69) is 6.92 Å². The van der Waals surface area contributed by atoms with Crippen LogP contribution in [0.2, 0.25) is 0 Å². The Hall–Kier alpha value is -0.860. The molecular formula is C17H28O2. The highest BCUT2D eigenvalue weighted by Crippen LogP contribution is 2.43. The van der Waals surface area contributed by atoms with Gasteiger partial charge in [-0.1, -0.05) is 77.3 Å². The first-order valence-electron chi connectivity index (χ1n) is 7.28. The molecule has 0 aliphatic heterocycles. The first-order valence-corrected chi connectivity index (χ1v) is 7.28. The van der Waals surface area contributed by atoms with E-state index >= 15 is 0 Å². The van der Waals surface area contributed by atoms with Crippen molar-refractivity contribution in [2.45, 2.75) is 65.1 Å². The highest BCUT2D eigenvalue weighted by Gasteiger charge is 2.46. The van der Waals surface area contributed by atoms with Gasteiger partial charge in [-0.05, 0) is 17.4 Å². The molecule has 1 rings (SSSR count). The van der Waals surface area contributed by atoms with Gasteiger partial charge in [-0.15, -0.1) is 0 Å². The van der Waals surface area contributed by atoms with Gasteiger partial charge in [0.15, 0.2) is 0 Å². The summed E-state index contributed by atoms with van der Waals surface area (Å²) in [7, 11) is 0. The summed E-state index contributed by atoms with van der Waals surface area (Å²) in [5, 5.41) is 21.7. The molecule has 0 amide bonds. The summed E-state index contributed by atoms with van der Waals surface area (Å²) in [6, 6.07) is 9.47. The van der Waals surface area contributed by atoms with Crippen LogP contribution in [-0.2, 0) is 0 Å². The fraction of sp³-hybridized carbons (Fsp3) is 0.647. The molecule has 19 heavy (non-hydrogen) atoms. The van der Waals surface area contributed by atoms with E-state index in [4.69, 9.17) is 0 Å². The highest BCUT2D eigenvalue weighted by atomic mass is 16.3. The molecule has 0 unspecified atom stereocenters. The average Bonchev–Trinajstić information content (AvgIpc) is 2.37. The topological polar surface area (TPSA) is 40.5 Å². The molecule has 0 aromatic heterocycles. The van der Waals surface area contributed by atoms with Crippen LogP contribution in [0.4, 0.5) is 0 Å². The van der Waals surface area contributed by atoms with Crippen molar-refractivity contribution in [1.29, 1.82) is 0 Å². The molecule has 0 aliphatic carbocycles. The standard InChI is InChI=1S/C17H28O2/c1-5-6-10-13-17(19,16(2,3)4)15(18)14-11-8-7-9-12-14/h7-9,11-12,15,18-19H,5-6,10,13H2,1-4H3/t15-,17-/m1/s1. The van der Waals surface area contributed by atoms with Crippen molar-refractivity contribution in [3.63, 3.8) is 0 Å². The quantitative estimate of drug-likeness (QED) is 0.760. The second kappa shape index (κ2) is 6.53. The summed E-state index contributed by atoms with van der Waals surface area (Å²) in [5.41, 5.74) is -0.670. The van der Waals surface area contributed by atoms with Crippen LogP contribution in [0.5, 0.6) is 0 Å². The molecule has 1 aromatic carbocycles. The fourth-order valence-electron chi connectivity index (χ4n) is 2.48. The van der Waals surface area contributed by atoms with Gasteiger partial charge < -0.3 is 10.2 Å². The molecule has 0 heterocycles. The third kappa shape index (κ3) is 3.80. The Kier molecular flexibility index (Phi) is 5.57. The predicted octanol–water partition coefficient (Wildman–Crippen LogP) is 4.08. The second-order valence-corrected chi connectivity index (χ2v) is 6.44. The predicted molar refractivity (Wildman–Crippen MR) is 79.9 cm³/mol. The van der Waals surface area contributed by atoms with Gasteiger partial charge in [0.05, 0.1) is 5.60 Å². The number of hydrogen-bond acceptors (Lipinski definition) is 2. The second-order valence-electron chi connectivity index (χ2n) is 6.44. The van der Waals surface area contributed by atoms with Gasteiger partial charge in [0.2, 0.25) is 0 Å². The van der Waals surface area contributed by atoms with E-state index in [-0.39, 0.29) is 5.41 Å². The summed E-state index contributed by atoms with van der Waals surface area (Å²) in [5.74, 6) is 0. The van der Waals surface area contributed by atoms with Crippen LogP contribution in [0.15, 0.2) is 30.3 Å². The maximum Gasteiger partial charge on any atom is 0.108 e.